The van der Waals surface area contributed by atoms with E-state index in [0.29, 0.717) is 38.8 Å². The van der Waals surface area contributed by atoms with Crippen molar-refractivity contribution >= 4 is 53.7 Å². The minimum atomic E-state index is -3.67. The second-order valence-electron chi connectivity index (χ2n) is 6.68. The first-order chi connectivity index (χ1) is 13.7. The molecule has 0 aliphatic rings. The average molecular weight is 408 g/mol. The molecule has 0 spiro atoms. The normalized spacial score (nSPS) is 11.7. The minimum absolute atomic E-state index is 0.0322. The van der Waals surface area contributed by atoms with Crippen molar-refractivity contribution in [3.63, 3.8) is 0 Å². The first-order valence-electron chi connectivity index (χ1n) is 8.64. The molecule has 0 radical (unpaired) electrons. The molecule has 7 nitrogen and oxygen atoms in total. The summed E-state index contributed by atoms with van der Waals surface area (Å²) in [6.07, 6.45) is 0.715. The monoisotopic (exact) mass is 408 g/mol. The van der Waals surface area contributed by atoms with Gasteiger partial charge >= 0.3 is 0 Å². The van der Waals surface area contributed by atoms with Crippen molar-refractivity contribution in [2.45, 2.75) is 0 Å². The smallest absolute Gasteiger partial charge is 0.261 e. The number of pyridine rings is 2. The maximum atomic E-state index is 12.8. The summed E-state index contributed by atoms with van der Waals surface area (Å²) in [6.45, 7) is 0. The molecule has 3 N–H and O–H groups in total. The van der Waals surface area contributed by atoms with Crippen LogP contribution in [0, 0.1) is 0 Å². The Hall–Kier alpha value is -3.49. The van der Waals surface area contributed by atoms with Gasteiger partial charge in [0.1, 0.15) is 0 Å². The first kappa shape index (κ1) is 18.9. The molecule has 0 fully saturated rings. The standard InChI is InChI=1S/C20H12N2O2.CH4O3S/c23-19-11-5-1-3-7-15(11)21-17-10-14-18(9-13(17)19)22-16-8-4-2-6-12(16)20(14)24;1-5(2,3)4/h1-10H,(H,21,23)(H,22,24);1H3,(H,2,3,4). The van der Waals surface area contributed by atoms with Crippen molar-refractivity contribution in [2.75, 3.05) is 6.26 Å². The predicted octanol–water partition coefficient (Wildman–Crippen LogP) is 3.18. The van der Waals surface area contributed by atoms with E-state index in [1.807, 2.05) is 36.4 Å². The van der Waals surface area contributed by atoms with Gasteiger partial charge in [-0.25, -0.2) is 0 Å². The van der Waals surface area contributed by atoms with Crippen LogP contribution >= 0.6 is 0 Å². The zero-order valence-corrected chi connectivity index (χ0v) is 16.1. The van der Waals surface area contributed by atoms with Crippen LogP contribution in [-0.4, -0.2) is 29.2 Å². The number of aromatic nitrogens is 2. The number of aromatic amines is 2. The largest absolute Gasteiger partial charge is 0.354 e. The van der Waals surface area contributed by atoms with E-state index in [2.05, 4.69) is 9.97 Å². The van der Waals surface area contributed by atoms with Gasteiger partial charge in [-0.1, -0.05) is 24.3 Å². The van der Waals surface area contributed by atoms with E-state index < -0.39 is 10.1 Å². The van der Waals surface area contributed by atoms with Crippen LogP contribution < -0.4 is 10.9 Å². The lowest BCUT2D eigenvalue weighted by atomic mass is 10.1. The number of nitrogens with one attached hydrogen (secondary N) is 2. The summed E-state index contributed by atoms with van der Waals surface area (Å²) in [7, 11) is -3.67. The topological polar surface area (TPSA) is 120 Å². The second kappa shape index (κ2) is 6.84. The van der Waals surface area contributed by atoms with Gasteiger partial charge in [-0.2, -0.15) is 8.42 Å². The van der Waals surface area contributed by atoms with Crippen molar-refractivity contribution in [1.82, 2.24) is 9.97 Å². The van der Waals surface area contributed by atoms with Gasteiger partial charge in [0.25, 0.3) is 10.1 Å². The van der Waals surface area contributed by atoms with E-state index in [0.717, 1.165) is 11.0 Å². The Bertz CT molecular complexity index is 1520. The van der Waals surface area contributed by atoms with Crippen LogP contribution in [0.2, 0.25) is 0 Å². The minimum Gasteiger partial charge on any atom is -0.354 e. The zero-order valence-electron chi connectivity index (χ0n) is 15.3. The van der Waals surface area contributed by atoms with Gasteiger partial charge < -0.3 is 9.97 Å². The molecule has 3 aromatic carbocycles. The fraction of sp³-hybridized carbons (Fsp3) is 0.0476. The van der Waals surface area contributed by atoms with E-state index in [4.69, 9.17) is 4.55 Å². The van der Waals surface area contributed by atoms with Crippen molar-refractivity contribution in [3.8, 4) is 0 Å². The lowest BCUT2D eigenvalue weighted by molar-refractivity contribution is 0.490. The Labute approximate surface area is 164 Å². The van der Waals surface area contributed by atoms with Crippen LogP contribution in [0.5, 0.6) is 0 Å². The third-order valence-electron chi connectivity index (χ3n) is 4.53. The van der Waals surface area contributed by atoms with E-state index >= 15 is 0 Å². The fourth-order valence-electron chi connectivity index (χ4n) is 3.34. The molecule has 0 saturated carbocycles. The van der Waals surface area contributed by atoms with Gasteiger partial charge in [0.15, 0.2) is 10.9 Å². The van der Waals surface area contributed by atoms with E-state index in [1.165, 1.54) is 0 Å². The fourth-order valence-corrected chi connectivity index (χ4v) is 3.34. The molecule has 0 aliphatic heterocycles. The quantitative estimate of drug-likeness (QED) is 0.268. The highest BCUT2D eigenvalue weighted by Gasteiger charge is 2.10. The highest BCUT2D eigenvalue weighted by Crippen LogP contribution is 2.21. The maximum Gasteiger partial charge on any atom is 0.261 e. The third-order valence-corrected chi connectivity index (χ3v) is 4.53. The summed E-state index contributed by atoms with van der Waals surface area (Å²) in [6, 6.07) is 18.3. The van der Waals surface area contributed by atoms with E-state index in [1.54, 1.807) is 24.3 Å². The molecular weight excluding hydrogens is 392 g/mol. The highest BCUT2D eigenvalue weighted by molar-refractivity contribution is 7.85. The summed E-state index contributed by atoms with van der Waals surface area (Å²) in [5, 5.41) is 2.44. The highest BCUT2D eigenvalue weighted by atomic mass is 32.2. The van der Waals surface area contributed by atoms with Crippen LogP contribution in [0.15, 0.2) is 70.3 Å². The summed E-state index contributed by atoms with van der Waals surface area (Å²) in [5.74, 6) is 0. The van der Waals surface area contributed by atoms with Crippen LogP contribution in [0.25, 0.3) is 43.6 Å². The molecule has 2 aromatic heterocycles. The number of H-pyrrole nitrogens is 2. The number of rotatable bonds is 0. The maximum absolute atomic E-state index is 12.8. The molecule has 29 heavy (non-hydrogen) atoms. The Kier molecular flexibility index (Phi) is 4.45. The van der Waals surface area contributed by atoms with Crippen LogP contribution in [-0.2, 0) is 10.1 Å². The van der Waals surface area contributed by atoms with E-state index in [-0.39, 0.29) is 10.9 Å². The van der Waals surface area contributed by atoms with Crippen molar-refractivity contribution in [3.05, 3.63) is 81.1 Å². The van der Waals surface area contributed by atoms with E-state index in [9.17, 15) is 18.0 Å². The molecule has 2 heterocycles. The molecular formula is C21H16N2O5S. The molecule has 0 unspecified atom stereocenters. The van der Waals surface area contributed by atoms with Crippen LogP contribution in [0.3, 0.4) is 0 Å². The Morgan fingerprint density at radius 1 is 0.655 bits per heavy atom. The van der Waals surface area contributed by atoms with Crippen molar-refractivity contribution < 1.29 is 13.0 Å². The lowest BCUT2D eigenvalue weighted by Gasteiger charge is -2.06. The van der Waals surface area contributed by atoms with Gasteiger partial charge in [0.05, 0.1) is 17.3 Å². The molecule has 0 amide bonds. The lowest BCUT2D eigenvalue weighted by Crippen LogP contribution is -2.08. The molecule has 8 heteroatoms. The molecule has 5 rings (SSSR count). The van der Waals surface area contributed by atoms with Gasteiger partial charge in [-0.15, -0.1) is 0 Å². The molecule has 146 valence electrons. The average Bonchev–Trinajstić information content (AvgIpc) is 2.67. The third kappa shape index (κ3) is 3.63. The van der Waals surface area contributed by atoms with Crippen molar-refractivity contribution in [1.29, 1.82) is 0 Å². The molecule has 5 aromatic rings. The summed E-state index contributed by atoms with van der Waals surface area (Å²) < 4.78 is 25.9. The van der Waals surface area contributed by atoms with Gasteiger partial charge in [0, 0.05) is 32.6 Å². The summed E-state index contributed by atoms with van der Waals surface area (Å²) in [5.41, 5.74) is 2.82. The Morgan fingerprint density at radius 3 is 1.38 bits per heavy atom. The number of para-hydroxylation sites is 2. The SMILES string of the molecule is CS(=O)(=O)O.O=c1c2ccccc2[nH]c2cc3c(=O)c4ccccc4[nH]c3cc12. The summed E-state index contributed by atoms with van der Waals surface area (Å²) >= 11 is 0. The number of benzene rings is 3. The first-order valence-corrected chi connectivity index (χ1v) is 10.5. The zero-order chi connectivity index (χ0) is 20.8. The van der Waals surface area contributed by atoms with Gasteiger partial charge in [-0.3, -0.25) is 14.1 Å². The molecule has 0 aliphatic carbocycles. The number of hydrogen-bond acceptors (Lipinski definition) is 4. The van der Waals surface area contributed by atoms with Crippen LogP contribution in [0.1, 0.15) is 0 Å². The number of hydrogen-bond donors (Lipinski definition) is 3. The molecule has 0 bridgehead atoms. The molecule has 0 saturated heterocycles. The molecule has 0 atom stereocenters. The second-order valence-corrected chi connectivity index (χ2v) is 8.14. The predicted molar refractivity (Wildman–Crippen MR) is 115 cm³/mol. The van der Waals surface area contributed by atoms with Gasteiger partial charge in [0.2, 0.25) is 0 Å². The van der Waals surface area contributed by atoms with Gasteiger partial charge in [-0.05, 0) is 36.4 Å². The Morgan fingerprint density at radius 2 is 1.00 bits per heavy atom. The van der Waals surface area contributed by atoms with Crippen molar-refractivity contribution in [2.24, 2.45) is 0 Å². The van der Waals surface area contributed by atoms with Crippen LogP contribution in [0.4, 0.5) is 0 Å². The Balaban J connectivity index is 0.000000369. The summed E-state index contributed by atoms with van der Waals surface area (Å²) in [4.78, 5) is 32.1. The number of fused-ring (bicyclic) bond motifs is 4.